The Hall–Kier alpha value is -0.590. The summed E-state index contributed by atoms with van der Waals surface area (Å²) in [6, 6.07) is 0. The molecule has 0 aromatic heterocycles. The normalized spacial score (nSPS) is 39.6. The smallest absolute Gasteiger partial charge is 0.110 e. The van der Waals surface area contributed by atoms with Crippen LogP contribution in [0.3, 0.4) is 0 Å². The van der Waals surface area contributed by atoms with Crippen molar-refractivity contribution >= 4 is 0 Å². The van der Waals surface area contributed by atoms with Gasteiger partial charge in [-0.1, -0.05) is 25.2 Å². The molecule has 1 heteroatoms. The van der Waals surface area contributed by atoms with Gasteiger partial charge in [-0.25, -0.2) is 4.39 Å². The second kappa shape index (κ2) is 3.00. The van der Waals surface area contributed by atoms with Gasteiger partial charge >= 0.3 is 0 Å². The molecule has 0 nitrogen and oxygen atoms in total. The molecule has 0 saturated heterocycles. The minimum Gasteiger partial charge on any atom is -0.246 e. The van der Waals surface area contributed by atoms with Crippen molar-refractivity contribution < 1.29 is 4.39 Å². The van der Waals surface area contributed by atoms with Crippen LogP contribution in [-0.2, 0) is 0 Å². The van der Waals surface area contributed by atoms with E-state index in [-0.39, 0.29) is 5.92 Å². The van der Waals surface area contributed by atoms with Crippen LogP contribution in [0.4, 0.5) is 4.39 Å². The molecule has 1 aliphatic carbocycles. The van der Waals surface area contributed by atoms with Gasteiger partial charge in [0.2, 0.25) is 0 Å². The Balaban J connectivity index is 2.67. The Kier molecular flexibility index (Phi) is 2.25. The largest absolute Gasteiger partial charge is 0.246 e. The molecule has 0 fully saturated rings. The first-order chi connectivity index (χ1) is 4.75. The summed E-state index contributed by atoms with van der Waals surface area (Å²) in [4.78, 5) is 0. The van der Waals surface area contributed by atoms with Crippen LogP contribution in [0.15, 0.2) is 24.8 Å². The molecule has 0 aromatic rings. The lowest BCUT2D eigenvalue weighted by Crippen LogP contribution is -2.22. The first-order valence-electron chi connectivity index (χ1n) is 3.69. The van der Waals surface area contributed by atoms with Gasteiger partial charge in [0, 0.05) is 5.92 Å². The molecule has 3 unspecified atom stereocenters. The lowest BCUT2D eigenvalue weighted by molar-refractivity contribution is 0.223. The van der Waals surface area contributed by atoms with Gasteiger partial charge in [0.05, 0.1) is 0 Å². The Bertz CT molecular complexity index is 149. The zero-order chi connectivity index (χ0) is 7.56. The topological polar surface area (TPSA) is 0 Å². The van der Waals surface area contributed by atoms with E-state index in [2.05, 4.69) is 12.7 Å². The molecule has 0 saturated carbocycles. The van der Waals surface area contributed by atoms with E-state index < -0.39 is 6.17 Å². The highest BCUT2D eigenvalue weighted by Crippen LogP contribution is 2.27. The Morgan fingerprint density at radius 3 is 2.80 bits per heavy atom. The van der Waals surface area contributed by atoms with Crippen molar-refractivity contribution in [3.8, 4) is 0 Å². The second-order valence-electron chi connectivity index (χ2n) is 2.85. The zero-order valence-corrected chi connectivity index (χ0v) is 6.26. The summed E-state index contributed by atoms with van der Waals surface area (Å²) < 4.78 is 13.0. The van der Waals surface area contributed by atoms with Crippen molar-refractivity contribution in [2.24, 2.45) is 11.8 Å². The summed E-state index contributed by atoms with van der Waals surface area (Å²) in [5, 5.41) is 0. The van der Waals surface area contributed by atoms with Crippen LogP contribution in [0.5, 0.6) is 0 Å². The molecular weight excluding hydrogens is 127 g/mol. The van der Waals surface area contributed by atoms with E-state index in [1.807, 2.05) is 13.0 Å². The van der Waals surface area contributed by atoms with E-state index in [0.29, 0.717) is 12.3 Å². The maximum Gasteiger partial charge on any atom is 0.110 e. The average molecular weight is 140 g/mol. The van der Waals surface area contributed by atoms with Gasteiger partial charge in [-0.15, -0.1) is 6.58 Å². The fraction of sp³-hybridized carbons (Fsp3) is 0.556. The Labute approximate surface area is 61.4 Å². The molecule has 0 spiro atoms. The number of allylic oxidation sites excluding steroid dienone is 3. The molecule has 56 valence electrons. The molecule has 0 heterocycles. The molecule has 1 aliphatic rings. The van der Waals surface area contributed by atoms with Gasteiger partial charge in [0.1, 0.15) is 6.17 Å². The molecule has 0 bridgehead atoms. The van der Waals surface area contributed by atoms with Gasteiger partial charge in [-0.2, -0.15) is 0 Å². The fourth-order valence-corrected chi connectivity index (χ4v) is 1.40. The molecule has 0 aromatic carbocycles. The lowest BCUT2D eigenvalue weighted by Gasteiger charge is -2.24. The number of halogens is 1. The maximum absolute atomic E-state index is 13.0. The molecule has 3 atom stereocenters. The van der Waals surface area contributed by atoms with Gasteiger partial charge < -0.3 is 0 Å². The summed E-state index contributed by atoms with van der Waals surface area (Å²) in [7, 11) is 0. The van der Waals surface area contributed by atoms with Crippen LogP contribution >= 0.6 is 0 Å². The van der Waals surface area contributed by atoms with Gasteiger partial charge in [0.25, 0.3) is 0 Å². The average Bonchev–Trinajstić information content (AvgIpc) is 1.88. The third-order valence-electron chi connectivity index (χ3n) is 2.10. The van der Waals surface area contributed by atoms with Crippen LogP contribution in [0.2, 0.25) is 0 Å². The molecule has 1 rings (SSSR count). The monoisotopic (exact) mass is 140 g/mol. The standard InChI is InChI=1S/C9H13F/c1-3-8-7(2)5-4-6-9(8)10/h3-5,7-9H,1,6H2,2H3. The predicted octanol–water partition coefficient (Wildman–Crippen LogP) is 2.72. The first-order valence-corrected chi connectivity index (χ1v) is 3.69. The summed E-state index contributed by atoms with van der Waals surface area (Å²) >= 11 is 0. The van der Waals surface area contributed by atoms with E-state index in [0.717, 1.165) is 0 Å². The van der Waals surface area contributed by atoms with Crippen LogP contribution < -0.4 is 0 Å². The lowest BCUT2D eigenvalue weighted by atomic mass is 9.84. The molecule has 0 N–H and O–H groups in total. The van der Waals surface area contributed by atoms with E-state index in [9.17, 15) is 4.39 Å². The van der Waals surface area contributed by atoms with Gasteiger partial charge in [-0.05, 0) is 12.3 Å². The number of hydrogen-bond donors (Lipinski definition) is 0. The molecule has 0 amide bonds. The number of hydrogen-bond acceptors (Lipinski definition) is 0. The summed E-state index contributed by atoms with van der Waals surface area (Å²) in [6.45, 7) is 5.63. The van der Waals surface area contributed by atoms with Crippen molar-refractivity contribution in [3.63, 3.8) is 0 Å². The predicted molar refractivity (Wildman–Crippen MR) is 41.5 cm³/mol. The molecular formula is C9H13F. The Morgan fingerprint density at radius 2 is 2.40 bits per heavy atom. The van der Waals surface area contributed by atoms with E-state index in [1.54, 1.807) is 6.08 Å². The molecule has 0 aliphatic heterocycles. The van der Waals surface area contributed by atoms with Crippen LogP contribution in [0.1, 0.15) is 13.3 Å². The van der Waals surface area contributed by atoms with E-state index in [4.69, 9.17) is 0 Å². The van der Waals surface area contributed by atoms with Crippen LogP contribution in [0.25, 0.3) is 0 Å². The number of alkyl halides is 1. The maximum atomic E-state index is 13.0. The van der Waals surface area contributed by atoms with Gasteiger partial charge in [-0.3, -0.25) is 0 Å². The minimum absolute atomic E-state index is 0.0324. The van der Waals surface area contributed by atoms with Gasteiger partial charge in [0.15, 0.2) is 0 Å². The fourth-order valence-electron chi connectivity index (χ4n) is 1.40. The quantitative estimate of drug-likeness (QED) is 0.491. The highest BCUT2D eigenvalue weighted by atomic mass is 19.1. The van der Waals surface area contributed by atoms with Crippen molar-refractivity contribution in [2.75, 3.05) is 0 Å². The highest BCUT2D eigenvalue weighted by molar-refractivity contribution is 5.04. The van der Waals surface area contributed by atoms with Crippen molar-refractivity contribution in [2.45, 2.75) is 19.5 Å². The summed E-state index contributed by atoms with van der Waals surface area (Å²) in [5.41, 5.74) is 0. The van der Waals surface area contributed by atoms with Crippen LogP contribution in [0, 0.1) is 11.8 Å². The van der Waals surface area contributed by atoms with Crippen molar-refractivity contribution in [3.05, 3.63) is 24.8 Å². The van der Waals surface area contributed by atoms with Crippen LogP contribution in [-0.4, -0.2) is 6.17 Å². The third kappa shape index (κ3) is 1.28. The highest BCUT2D eigenvalue weighted by Gasteiger charge is 2.24. The molecule has 10 heavy (non-hydrogen) atoms. The second-order valence-corrected chi connectivity index (χ2v) is 2.85. The third-order valence-corrected chi connectivity index (χ3v) is 2.10. The van der Waals surface area contributed by atoms with Crippen molar-refractivity contribution in [1.29, 1.82) is 0 Å². The number of rotatable bonds is 1. The zero-order valence-electron chi connectivity index (χ0n) is 6.26. The minimum atomic E-state index is -0.711. The SMILES string of the molecule is C=CC1C(C)C=CCC1F. The molecule has 0 radical (unpaired) electrons. The summed E-state index contributed by atoms with van der Waals surface area (Å²) in [6.07, 6.45) is 5.54. The van der Waals surface area contributed by atoms with E-state index >= 15 is 0 Å². The van der Waals surface area contributed by atoms with E-state index in [1.165, 1.54) is 0 Å². The summed E-state index contributed by atoms with van der Waals surface area (Å²) in [5.74, 6) is 0.353. The Morgan fingerprint density at radius 1 is 1.70 bits per heavy atom. The first kappa shape index (κ1) is 7.52. The van der Waals surface area contributed by atoms with Crippen molar-refractivity contribution in [1.82, 2.24) is 0 Å².